The molecular formula is C14H26N2. The van der Waals surface area contributed by atoms with Gasteiger partial charge < -0.3 is 10.6 Å². The van der Waals surface area contributed by atoms with Gasteiger partial charge in [-0.15, -0.1) is 0 Å². The van der Waals surface area contributed by atoms with E-state index >= 15 is 0 Å². The summed E-state index contributed by atoms with van der Waals surface area (Å²) in [5, 5.41) is 0. The molecule has 0 saturated heterocycles. The zero-order valence-electron chi connectivity index (χ0n) is 11.4. The summed E-state index contributed by atoms with van der Waals surface area (Å²) in [5.41, 5.74) is 9.32. The minimum absolute atomic E-state index is 0.879. The van der Waals surface area contributed by atoms with E-state index < -0.39 is 0 Å². The molecule has 1 aliphatic rings. The summed E-state index contributed by atoms with van der Waals surface area (Å²) in [6.07, 6.45) is 2.41. The molecule has 0 fully saturated rings. The molecule has 0 radical (unpaired) electrons. The van der Waals surface area contributed by atoms with Gasteiger partial charge in [0.05, 0.1) is 0 Å². The van der Waals surface area contributed by atoms with Crippen LogP contribution in [0.4, 0.5) is 11.4 Å². The lowest BCUT2D eigenvalue weighted by molar-refractivity contribution is 0.745. The van der Waals surface area contributed by atoms with Crippen LogP contribution in [0.5, 0.6) is 0 Å². The summed E-state index contributed by atoms with van der Waals surface area (Å²) < 4.78 is 0. The Balaban J connectivity index is 0.000000509. The monoisotopic (exact) mass is 222 g/mol. The summed E-state index contributed by atoms with van der Waals surface area (Å²) in [6.45, 7) is 9.16. The molecule has 0 spiro atoms. The molecule has 0 unspecified atom stereocenters. The second-order valence-electron chi connectivity index (χ2n) is 3.41. The van der Waals surface area contributed by atoms with E-state index in [2.05, 4.69) is 24.1 Å². The average molecular weight is 222 g/mol. The van der Waals surface area contributed by atoms with Crippen molar-refractivity contribution in [1.82, 2.24) is 0 Å². The number of nitrogens with two attached hydrogens (primary N) is 1. The number of nitrogen functional groups attached to an aromatic ring is 1. The molecule has 1 aliphatic heterocycles. The fourth-order valence-electron chi connectivity index (χ4n) is 1.81. The quantitative estimate of drug-likeness (QED) is 0.678. The van der Waals surface area contributed by atoms with Crippen LogP contribution < -0.4 is 10.6 Å². The number of anilines is 2. The second-order valence-corrected chi connectivity index (χ2v) is 3.41. The summed E-state index contributed by atoms with van der Waals surface area (Å²) >= 11 is 0. The lowest BCUT2D eigenvalue weighted by Gasteiger charge is -2.27. The topological polar surface area (TPSA) is 29.3 Å². The molecular weight excluding hydrogens is 196 g/mol. The zero-order valence-corrected chi connectivity index (χ0v) is 11.4. The first-order chi connectivity index (χ1) is 7.77. The van der Waals surface area contributed by atoms with Crippen LogP contribution in [0.3, 0.4) is 0 Å². The van der Waals surface area contributed by atoms with Crippen LogP contribution in [0.1, 0.15) is 39.7 Å². The molecule has 16 heavy (non-hydrogen) atoms. The van der Waals surface area contributed by atoms with Crippen molar-refractivity contribution in [3.8, 4) is 0 Å². The van der Waals surface area contributed by atoms with E-state index in [0.29, 0.717) is 0 Å². The highest BCUT2D eigenvalue weighted by Gasteiger charge is 2.12. The highest BCUT2D eigenvalue weighted by molar-refractivity contribution is 5.60. The van der Waals surface area contributed by atoms with Crippen molar-refractivity contribution in [1.29, 1.82) is 0 Å². The number of hydrogen-bond acceptors (Lipinski definition) is 2. The molecule has 1 heterocycles. The van der Waals surface area contributed by atoms with E-state index in [1.54, 1.807) is 0 Å². The van der Waals surface area contributed by atoms with Crippen LogP contribution in [-0.2, 0) is 6.42 Å². The standard InChI is InChI=1S/C10H14N2.2C2H6/c1-12-6-2-3-8-7-9(11)4-5-10(8)12;2*1-2/h4-5,7H,2-3,6,11H2,1H3;2*1-2H3. The highest BCUT2D eigenvalue weighted by Crippen LogP contribution is 2.27. The molecule has 2 heteroatoms. The number of benzene rings is 1. The van der Waals surface area contributed by atoms with Crippen molar-refractivity contribution in [3.63, 3.8) is 0 Å². The molecule has 1 aromatic carbocycles. The van der Waals surface area contributed by atoms with E-state index in [1.807, 2.05) is 33.8 Å². The smallest absolute Gasteiger partial charge is 0.0397 e. The molecule has 2 nitrogen and oxygen atoms in total. The SMILES string of the molecule is CC.CC.CN1CCCc2cc(N)ccc21. The first-order valence-corrected chi connectivity index (χ1v) is 6.37. The van der Waals surface area contributed by atoms with Crippen molar-refractivity contribution >= 4 is 11.4 Å². The highest BCUT2D eigenvalue weighted by atomic mass is 15.1. The minimum atomic E-state index is 0.879. The van der Waals surface area contributed by atoms with Crippen molar-refractivity contribution in [2.24, 2.45) is 0 Å². The largest absolute Gasteiger partial charge is 0.399 e. The number of aryl methyl sites for hydroxylation is 1. The normalized spacial score (nSPS) is 12.7. The first-order valence-electron chi connectivity index (χ1n) is 6.37. The van der Waals surface area contributed by atoms with Gasteiger partial charge in [-0.3, -0.25) is 0 Å². The van der Waals surface area contributed by atoms with Crippen molar-refractivity contribution in [3.05, 3.63) is 23.8 Å². The van der Waals surface area contributed by atoms with Crippen LogP contribution >= 0.6 is 0 Å². The second kappa shape index (κ2) is 8.03. The minimum Gasteiger partial charge on any atom is -0.399 e. The lowest BCUT2D eigenvalue weighted by Crippen LogP contribution is -2.24. The molecule has 92 valence electrons. The van der Waals surface area contributed by atoms with Gasteiger partial charge >= 0.3 is 0 Å². The Morgan fingerprint density at radius 3 is 2.38 bits per heavy atom. The molecule has 2 rings (SSSR count). The van der Waals surface area contributed by atoms with Gasteiger partial charge in [0.2, 0.25) is 0 Å². The number of nitrogens with zero attached hydrogens (tertiary/aromatic N) is 1. The first kappa shape index (κ1) is 14.8. The predicted molar refractivity (Wildman–Crippen MR) is 75.1 cm³/mol. The van der Waals surface area contributed by atoms with Crippen LogP contribution in [0.25, 0.3) is 0 Å². The number of rotatable bonds is 0. The van der Waals surface area contributed by atoms with E-state index in [9.17, 15) is 0 Å². The maximum Gasteiger partial charge on any atom is 0.0397 e. The number of fused-ring (bicyclic) bond motifs is 1. The van der Waals surface area contributed by atoms with Gasteiger partial charge in [-0.1, -0.05) is 27.7 Å². The summed E-state index contributed by atoms with van der Waals surface area (Å²) in [4.78, 5) is 2.29. The Bertz CT molecular complexity index is 295. The van der Waals surface area contributed by atoms with E-state index in [-0.39, 0.29) is 0 Å². The van der Waals surface area contributed by atoms with Crippen LogP contribution in [0, 0.1) is 0 Å². The average Bonchev–Trinajstić information content (AvgIpc) is 2.34. The maximum absolute atomic E-state index is 5.71. The summed E-state index contributed by atoms with van der Waals surface area (Å²) in [7, 11) is 2.13. The molecule has 0 aromatic heterocycles. The molecule has 2 N–H and O–H groups in total. The van der Waals surface area contributed by atoms with Crippen LogP contribution in [0.2, 0.25) is 0 Å². The fourth-order valence-corrected chi connectivity index (χ4v) is 1.81. The predicted octanol–water partition coefficient (Wildman–Crippen LogP) is 3.70. The lowest BCUT2D eigenvalue weighted by atomic mass is 10.0. The van der Waals surface area contributed by atoms with Gasteiger partial charge in [-0.05, 0) is 36.6 Å². The van der Waals surface area contributed by atoms with Gasteiger partial charge in [-0.2, -0.15) is 0 Å². The van der Waals surface area contributed by atoms with Gasteiger partial charge in [0.25, 0.3) is 0 Å². The van der Waals surface area contributed by atoms with Crippen molar-refractivity contribution in [2.75, 3.05) is 24.2 Å². The summed E-state index contributed by atoms with van der Waals surface area (Å²) in [6, 6.07) is 6.18. The fraction of sp³-hybridized carbons (Fsp3) is 0.571. The molecule has 0 amide bonds. The van der Waals surface area contributed by atoms with E-state index in [1.165, 1.54) is 24.1 Å². The van der Waals surface area contributed by atoms with E-state index in [4.69, 9.17) is 5.73 Å². The van der Waals surface area contributed by atoms with Crippen LogP contribution in [-0.4, -0.2) is 13.6 Å². The van der Waals surface area contributed by atoms with Crippen molar-refractivity contribution in [2.45, 2.75) is 40.5 Å². The molecule has 0 aliphatic carbocycles. The summed E-state index contributed by atoms with van der Waals surface area (Å²) in [5.74, 6) is 0. The third-order valence-electron chi connectivity index (χ3n) is 2.45. The maximum atomic E-state index is 5.71. The Morgan fingerprint density at radius 2 is 1.75 bits per heavy atom. The Kier molecular flexibility index (Phi) is 7.44. The molecule has 0 atom stereocenters. The van der Waals surface area contributed by atoms with Crippen LogP contribution in [0.15, 0.2) is 18.2 Å². The number of hydrogen-bond donors (Lipinski definition) is 1. The Hall–Kier alpha value is -1.18. The van der Waals surface area contributed by atoms with Gasteiger partial charge in [-0.25, -0.2) is 0 Å². The third kappa shape index (κ3) is 3.76. The van der Waals surface area contributed by atoms with Crippen molar-refractivity contribution < 1.29 is 0 Å². The van der Waals surface area contributed by atoms with Gasteiger partial charge in [0.1, 0.15) is 0 Å². The zero-order chi connectivity index (χ0) is 12.6. The molecule has 0 bridgehead atoms. The third-order valence-corrected chi connectivity index (χ3v) is 2.45. The molecule has 1 aromatic rings. The Labute approximate surface area is 100 Å². The van der Waals surface area contributed by atoms with Gasteiger partial charge in [0, 0.05) is 25.0 Å². The van der Waals surface area contributed by atoms with Gasteiger partial charge in [0.15, 0.2) is 0 Å². The van der Waals surface area contributed by atoms with E-state index in [0.717, 1.165) is 12.2 Å². The molecule has 0 saturated carbocycles. The Morgan fingerprint density at radius 1 is 1.12 bits per heavy atom.